The normalized spacial score (nSPS) is 30.2. The highest BCUT2D eigenvalue weighted by Gasteiger charge is 2.13. The molecule has 0 aromatic rings. The van der Waals surface area contributed by atoms with E-state index in [0.717, 1.165) is 0 Å². The summed E-state index contributed by atoms with van der Waals surface area (Å²) in [5.74, 6) is 0. The SMILES string of the molecule is CC1C=[N+]([O-])O1. The predicted molar refractivity (Wildman–Crippen MR) is 20.2 cm³/mol. The van der Waals surface area contributed by atoms with Crippen molar-refractivity contribution in [2.24, 2.45) is 0 Å². The van der Waals surface area contributed by atoms with Crippen LogP contribution in [0.15, 0.2) is 0 Å². The minimum absolute atomic E-state index is 0.0301. The molecule has 1 atom stereocenters. The van der Waals surface area contributed by atoms with Crippen molar-refractivity contribution >= 4 is 6.21 Å². The fourth-order valence-electron chi connectivity index (χ4n) is 0.336. The van der Waals surface area contributed by atoms with E-state index < -0.39 is 0 Å². The molecule has 0 N–H and O–H groups in total. The summed E-state index contributed by atoms with van der Waals surface area (Å²) in [5.41, 5.74) is 0. The van der Waals surface area contributed by atoms with Crippen molar-refractivity contribution in [2.75, 3.05) is 0 Å². The summed E-state index contributed by atoms with van der Waals surface area (Å²) in [6.45, 7) is 1.80. The molecule has 1 unspecified atom stereocenters. The Labute approximate surface area is 35.4 Å². The van der Waals surface area contributed by atoms with Crippen molar-refractivity contribution in [3.8, 4) is 0 Å². The van der Waals surface area contributed by atoms with Gasteiger partial charge in [-0.25, -0.2) is 0 Å². The van der Waals surface area contributed by atoms with Crippen molar-refractivity contribution in [2.45, 2.75) is 13.0 Å². The lowest BCUT2D eigenvalue weighted by Crippen LogP contribution is -2.30. The smallest absolute Gasteiger partial charge is 0.228 e. The molecule has 0 fully saturated rings. The van der Waals surface area contributed by atoms with Crippen LogP contribution in [0.1, 0.15) is 6.92 Å². The van der Waals surface area contributed by atoms with E-state index in [-0.39, 0.29) is 6.10 Å². The maximum atomic E-state index is 9.75. The summed E-state index contributed by atoms with van der Waals surface area (Å²) in [4.78, 5) is 4.81. The fourth-order valence-corrected chi connectivity index (χ4v) is 0.336. The third kappa shape index (κ3) is 0.319. The molecule has 0 amide bonds. The van der Waals surface area contributed by atoms with Gasteiger partial charge in [0.25, 0.3) is 0 Å². The van der Waals surface area contributed by atoms with E-state index in [2.05, 4.69) is 4.84 Å². The lowest BCUT2D eigenvalue weighted by Gasteiger charge is -2.15. The zero-order chi connectivity index (χ0) is 4.57. The van der Waals surface area contributed by atoms with Crippen LogP contribution in [0.25, 0.3) is 0 Å². The number of nitrogens with zero attached hydrogens (tertiary/aromatic N) is 1. The summed E-state index contributed by atoms with van der Waals surface area (Å²) < 4.78 is 0. The van der Waals surface area contributed by atoms with Gasteiger partial charge >= 0.3 is 0 Å². The largest absolute Gasteiger partial charge is 0.390 e. The summed E-state index contributed by atoms with van der Waals surface area (Å²) in [6.07, 6.45) is 1.47. The van der Waals surface area contributed by atoms with Crippen LogP contribution in [0, 0.1) is 5.21 Å². The van der Waals surface area contributed by atoms with Gasteiger partial charge in [0.2, 0.25) is 6.21 Å². The second-order valence-electron chi connectivity index (χ2n) is 1.24. The Kier molecular flexibility index (Phi) is 0.498. The third-order valence-electron chi connectivity index (χ3n) is 0.602. The van der Waals surface area contributed by atoms with Crippen LogP contribution in [-0.2, 0) is 4.84 Å². The summed E-state index contributed by atoms with van der Waals surface area (Å²) in [5, 5.41) is 9.75. The van der Waals surface area contributed by atoms with Crippen molar-refractivity contribution in [3.63, 3.8) is 0 Å². The van der Waals surface area contributed by atoms with Crippen LogP contribution >= 0.6 is 0 Å². The van der Waals surface area contributed by atoms with E-state index in [1.54, 1.807) is 6.92 Å². The highest BCUT2D eigenvalue weighted by Crippen LogP contribution is 1.94. The Hall–Kier alpha value is -0.730. The van der Waals surface area contributed by atoms with Crippen LogP contribution < -0.4 is 0 Å². The summed E-state index contributed by atoms with van der Waals surface area (Å²) >= 11 is 0. The molecule has 1 aliphatic rings. The number of rotatable bonds is 0. The Morgan fingerprint density at radius 1 is 2.00 bits per heavy atom. The minimum atomic E-state index is 0.0301. The van der Waals surface area contributed by atoms with E-state index in [0.29, 0.717) is 4.90 Å². The highest BCUT2D eigenvalue weighted by atomic mass is 16.9. The van der Waals surface area contributed by atoms with E-state index in [1.165, 1.54) is 6.21 Å². The molecular weight excluding hydrogens is 82.0 g/mol. The van der Waals surface area contributed by atoms with Gasteiger partial charge in [0.05, 0.1) is 0 Å². The molecule has 0 aliphatic carbocycles. The van der Waals surface area contributed by atoms with Gasteiger partial charge in [0.15, 0.2) is 0 Å². The summed E-state index contributed by atoms with van der Waals surface area (Å²) in [6, 6.07) is 0. The monoisotopic (exact) mass is 87.0 g/mol. The zero-order valence-corrected chi connectivity index (χ0v) is 3.42. The first kappa shape index (κ1) is 3.46. The molecular formula is C3H5NO2. The number of hydrogen-bond acceptors (Lipinski definition) is 2. The molecule has 0 aromatic heterocycles. The highest BCUT2D eigenvalue weighted by molar-refractivity contribution is 5.58. The van der Waals surface area contributed by atoms with Crippen molar-refractivity contribution in [1.29, 1.82) is 0 Å². The molecule has 6 heavy (non-hydrogen) atoms. The van der Waals surface area contributed by atoms with Gasteiger partial charge in [-0.2, -0.15) is 0 Å². The van der Waals surface area contributed by atoms with Crippen LogP contribution in [0.5, 0.6) is 0 Å². The molecule has 3 nitrogen and oxygen atoms in total. The van der Waals surface area contributed by atoms with E-state index in [9.17, 15) is 5.21 Å². The second-order valence-corrected chi connectivity index (χ2v) is 1.24. The number of hydrogen-bond donors (Lipinski definition) is 0. The lowest BCUT2D eigenvalue weighted by molar-refractivity contribution is -0.777. The molecule has 0 aromatic carbocycles. The quantitative estimate of drug-likeness (QED) is 0.387. The first-order chi connectivity index (χ1) is 2.79. The Balaban J connectivity index is 2.46. The predicted octanol–water partition coefficient (Wildman–Crippen LogP) is -0.0988. The van der Waals surface area contributed by atoms with Crippen molar-refractivity contribution < 1.29 is 9.74 Å². The molecule has 34 valence electrons. The first-order valence-electron chi connectivity index (χ1n) is 1.77. The molecule has 1 aliphatic heterocycles. The second kappa shape index (κ2) is 0.864. The van der Waals surface area contributed by atoms with Crippen molar-refractivity contribution in [1.82, 2.24) is 0 Å². The van der Waals surface area contributed by atoms with Gasteiger partial charge in [-0.15, -0.1) is 0 Å². The average molecular weight is 87.1 g/mol. The molecule has 1 heterocycles. The Morgan fingerprint density at radius 2 is 2.50 bits per heavy atom. The summed E-state index contributed by atoms with van der Waals surface area (Å²) in [7, 11) is 0. The van der Waals surface area contributed by atoms with Crippen LogP contribution in [-0.4, -0.2) is 17.2 Å². The lowest BCUT2D eigenvalue weighted by atomic mass is 10.4. The van der Waals surface area contributed by atoms with Crippen LogP contribution in [0.2, 0.25) is 0 Å². The molecule has 0 saturated carbocycles. The molecule has 0 bridgehead atoms. The van der Waals surface area contributed by atoms with E-state index >= 15 is 0 Å². The molecule has 3 heteroatoms. The van der Waals surface area contributed by atoms with Gasteiger partial charge in [-0.1, -0.05) is 0 Å². The van der Waals surface area contributed by atoms with Crippen LogP contribution in [0.3, 0.4) is 0 Å². The Morgan fingerprint density at radius 3 is 2.50 bits per heavy atom. The molecule has 0 saturated heterocycles. The van der Waals surface area contributed by atoms with Gasteiger partial charge in [-0.3, -0.25) is 5.21 Å². The standard InChI is InChI=1S/C3H5NO2/c1-3-2-4(5)6-3/h2-3H,1H3. The molecule has 0 spiro atoms. The maximum absolute atomic E-state index is 9.75. The average Bonchev–Trinajstić information content (AvgIpc) is 1.33. The van der Waals surface area contributed by atoms with Gasteiger partial charge in [-0.05, 0) is 6.92 Å². The molecule has 1 rings (SSSR count). The van der Waals surface area contributed by atoms with Crippen molar-refractivity contribution in [3.05, 3.63) is 5.21 Å². The first-order valence-corrected chi connectivity index (χ1v) is 1.77. The third-order valence-corrected chi connectivity index (χ3v) is 0.602. The minimum Gasteiger partial charge on any atom is -0.390 e. The zero-order valence-electron chi connectivity index (χ0n) is 3.42. The Bertz CT molecular complexity index is 88.8. The van der Waals surface area contributed by atoms with E-state index in [4.69, 9.17) is 0 Å². The van der Waals surface area contributed by atoms with E-state index in [1.807, 2.05) is 0 Å². The fraction of sp³-hybridized carbons (Fsp3) is 0.667. The topological polar surface area (TPSA) is 35.3 Å². The maximum Gasteiger partial charge on any atom is 0.228 e. The van der Waals surface area contributed by atoms with Gasteiger partial charge in [0, 0.05) is 4.90 Å². The van der Waals surface area contributed by atoms with Gasteiger partial charge < -0.3 is 4.84 Å². The molecule has 0 radical (unpaired) electrons. The van der Waals surface area contributed by atoms with Gasteiger partial charge in [0.1, 0.15) is 6.10 Å². The van der Waals surface area contributed by atoms with Crippen LogP contribution in [0.4, 0.5) is 0 Å².